The monoisotopic (exact) mass is 687 g/mol. The van der Waals surface area contributed by atoms with Gasteiger partial charge in [0, 0.05) is 38.4 Å². The molecule has 0 saturated heterocycles. The van der Waals surface area contributed by atoms with Crippen molar-refractivity contribution in [1.82, 2.24) is 15.0 Å². The molecule has 2 aromatic heterocycles. The lowest BCUT2D eigenvalue weighted by Crippen LogP contribution is -1.96. The third-order valence-corrected chi connectivity index (χ3v) is 10.3. The molecule has 10 rings (SSSR count). The molecule has 0 aliphatic rings. The molecule has 0 fully saturated rings. The summed E-state index contributed by atoms with van der Waals surface area (Å²) in [5.74, 6) is 0.695. The maximum absolute atomic E-state index is 5.19. The van der Waals surface area contributed by atoms with Crippen molar-refractivity contribution in [3.63, 3.8) is 0 Å². The quantitative estimate of drug-likeness (QED) is 0.163. The van der Waals surface area contributed by atoms with Crippen LogP contribution in [0.15, 0.2) is 200 Å². The number of hydrogen-bond acceptors (Lipinski definition) is 3. The summed E-state index contributed by atoms with van der Waals surface area (Å²) in [7, 11) is 0. The standard InChI is InChI=1S/C51H33N3/c1-3-12-34(13-4-1)41-17-11-18-42(32-41)48-33-47(38-15-5-2-6-16-38)53-51(54-48)40-28-24-36(25-29-40)35-22-26-39(27-23-35)50-45-31-30-37-14-7-8-19-43(37)49(45)44-20-9-10-21-46(44)52-50/h1-33H. The van der Waals surface area contributed by atoms with Crippen LogP contribution in [0.25, 0.3) is 99.9 Å². The number of pyridine rings is 1. The average molecular weight is 688 g/mol. The number of nitrogens with zero attached hydrogens (tertiary/aromatic N) is 3. The van der Waals surface area contributed by atoms with Crippen LogP contribution in [-0.2, 0) is 0 Å². The predicted octanol–water partition coefficient (Wildman–Crippen LogP) is 13.3. The fourth-order valence-corrected chi connectivity index (χ4v) is 7.54. The Kier molecular flexibility index (Phi) is 7.81. The highest BCUT2D eigenvalue weighted by atomic mass is 14.9. The zero-order valence-corrected chi connectivity index (χ0v) is 29.4. The third-order valence-electron chi connectivity index (χ3n) is 10.3. The Hall–Kier alpha value is -7.23. The van der Waals surface area contributed by atoms with Crippen LogP contribution in [0.3, 0.4) is 0 Å². The summed E-state index contributed by atoms with van der Waals surface area (Å²) in [6.07, 6.45) is 0. The first-order chi connectivity index (χ1) is 26.7. The summed E-state index contributed by atoms with van der Waals surface area (Å²) in [5, 5.41) is 6.07. The van der Waals surface area contributed by atoms with E-state index in [9.17, 15) is 0 Å². The summed E-state index contributed by atoms with van der Waals surface area (Å²) < 4.78 is 0. The number of rotatable bonds is 6. The van der Waals surface area contributed by atoms with E-state index >= 15 is 0 Å². The van der Waals surface area contributed by atoms with E-state index < -0.39 is 0 Å². The lowest BCUT2D eigenvalue weighted by atomic mass is 9.94. The van der Waals surface area contributed by atoms with Crippen molar-refractivity contribution in [3.8, 4) is 67.4 Å². The molecule has 0 spiro atoms. The SMILES string of the molecule is c1ccc(-c2cccc(-c3cc(-c4ccccc4)nc(-c4ccc(-c5ccc(-c6nc7ccccc7c7c6ccc6ccccc67)cc5)cc4)n3)c2)cc1. The van der Waals surface area contributed by atoms with Gasteiger partial charge in [0.25, 0.3) is 0 Å². The molecule has 0 radical (unpaired) electrons. The highest BCUT2D eigenvalue weighted by Crippen LogP contribution is 2.38. The minimum atomic E-state index is 0.695. The van der Waals surface area contributed by atoms with Crippen LogP contribution in [0, 0.1) is 0 Å². The normalized spacial score (nSPS) is 11.3. The lowest BCUT2D eigenvalue weighted by molar-refractivity contribution is 1.18. The van der Waals surface area contributed by atoms with Crippen LogP contribution in [0.2, 0.25) is 0 Å². The summed E-state index contributed by atoms with van der Waals surface area (Å²) in [6, 6.07) is 70.3. The van der Waals surface area contributed by atoms with E-state index in [-0.39, 0.29) is 0 Å². The number of para-hydroxylation sites is 1. The molecule has 2 heterocycles. The maximum Gasteiger partial charge on any atom is 0.160 e. The van der Waals surface area contributed by atoms with Gasteiger partial charge in [0.15, 0.2) is 5.82 Å². The first kappa shape index (κ1) is 31.5. The molecule has 0 aliphatic carbocycles. The Balaban J connectivity index is 1.01. The van der Waals surface area contributed by atoms with Gasteiger partial charge in [-0.3, -0.25) is 0 Å². The molecule has 0 N–H and O–H groups in total. The van der Waals surface area contributed by atoms with Crippen LogP contribution < -0.4 is 0 Å². The predicted molar refractivity (Wildman–Crippen MR) is 225 cm³/mol. The molecule has 3 nitrogen and oxygen atoms in total. The minimum Gasteiger partial charge on any atom is -0.247 e. The van der Waals surface area contributed by atoms with Gasteiger partial charge in [-0.15, -0.1) is 0 Å². The van der Waals surface area contributed by atoms with Gasteiger partial charge in [-0.25, -0.2) is 15.0 Å². The topological polar surface area (TPSA) is 38.7 Å². The lowest BCUT2D eigenvalue weighted by Gasteiger charge is -2.13. The smallest absolute Gasteiger partial charge is 0.160 e. The van der Waals surface area contributed by atoms with Gasteiger partial charge in [0.2, 0.25) is 0 Å². The molecule has 10 aromatic rings. The third kappa shape index (κ3) is 5.78. The van der Waals surface area contributed by atoms with E-state index in [1.165, 1.54) is 27.1 Å². The van der Waals surface area contributed by atoms with Gasteiger partial charge in [0.05, 0.1) is 22.6 Å². The number of fused-ring (bicyclic) bond motifs is 5. The van der Waals surface area contributed by atoms with Crippen molar-refractivity contribution in [2.24, 2.45) is 0 Å². The molecule has 252 valence electrons. The van der Waals surface area contributed by atoms with Crippen molar-refractivity contribution < 1.29 is 0 Å². The van der Waals surface area contributed by atoms with Gasteiger partial charge >= 0.3 is 0 Å². The molecule has 0 atom stereocenters. The Morgan fingerprint density at radius 3 is 1.56 bits per heavy atom. The summed E-state index contributed by atoms with van der Waals surface area (Å²) in [5.41, 5.74) is 12.5. The zero-order chi connectivity index (χ0) is 35.8. The van der Waals surface area contributed by atoms with Crippen LogP contribution in [0.1, 0.15) is 0 Å². The zero-order valence-electron chi connectivity index (χ0n) is 29.4. The second kappa shape index (κ2) is 13.4. The van der Waals surface area contributed by atoms with Gasteiger partial charge in [-0.2, -0.15) is 0 Å². The fourth-order valence-electron chi connectivity index (χ4n) is 7.54. The average Bonchev–Trinajstić information content (AvgIpc) is 3.26. The largest absolute Gasteiger partial charge is 0.247 e. The summed E-state index contributed by atoms with van der Waals surface area (Å²) >= 11 is 0. The van der Waals surface area contributed by atoms with Crippen LogP contribution in [0.4, 0.5) is 0 Å². The maximum atomic E-state index is 5.19. The number of aromatic nitrogens is 3. The van der Waals surface area contributed by atoms with Gasteiger partial charge < -0.3 is 0 Å². The van der Waals surface area contributed by atoms with Gasteiger partial charge in [-0.05, 0) is 51.2 Å². The summed E-state index contributed by atoms with van der Waals surface area (Å²) in [4.78, 5) is 15.4. The molecule has 0 aliphatic heterocycles. The van der Waals surface area contributed by atoms with Gasteiger partial charge in [-0.1, -0.05) is 182 Å². The fraction of sp³-hybridized carbons (Fsp3) is 0. The Labute approximate surface area is 313 Å². The van der Waals surface area contributed by atoms with E-state index in [4.69, 9.17) is 15.0 Å². The highest BCUT2D eigenvalue weighted by Gasteiger charge is 2.15. The molecule has 0 amide bonds. The minimum absolute atomic E-state index is 0.695. The Morgan fingerprint density at radius 2 is 0.815 bits per heavy atom. The van der Waals surface area contributed by atoms with Crippen molar-refractivity contribution in [3.05, 3.63) is 200 Å². The Morgan fingerprint density at radius 1 is 0.278 bits per heavy atom. The molecule has 54 heavy (non-hydrogen) atoms. The second-order valence-electron chi connectivity index (χ2n) is 13.6. The van der Waals surface area contributed by atoms with Crippen molar-refractivity contribution >= 4 is 32.4 Å². The van der Waals surface area contributed by atoms with Crippen LogP contribution in [0.5, 0.6) is 0 Å². The van der Waals surface area contributed by atoms with Crippen molar-refractivity contribution in [1.29, 1.82) is 0 Å². The van der Waals surface area contributed by atoms with E-state index in [0.717, 1.165) is 66.9 Å². The van der Waals surface area contributed by atoms with E-state index in [1.54, 1.807) is 0 Å². The molecule has 0 unspecified atom stereocenters. The van der Waals surface area contributed by atoms with E-state index in [0.29, 0.717) is 5.82 Å². The second-order valence-corrected chi connectivity index (χ2v) is 13.6. The van der Waals surface area contributed by atoms with Crippen molar-refractivity contribution in [2.45, 2.75) is 0 Å². The Bertz CT molecular complexity index is 2940. The first-order valence-corrected chi connectivity index (χ1v) is 18.3. The molecule has 0 bridgehead atoms. The molecule has 8 aromatic carbocycles. The molecular weight excluding hydrogens is 655 g/mol. The van der Waals surface area contributed by atoms with Gasteiger partial charge in [0.1, 0.15) is 0 Å². The van der Waals surface area contributed by atoms with E-state index in [2.05, 4.69) is 176 Å². The number of hydrogen-bond donors (Lipinski definition) is 0. The van der Waals surface area contributed by atoms with E-state index in [1.807, 2.05) is 24.3 Å². The molecule has 0 saturated carbocycles. The summed E-state index contributed by atoms with van der Waals surface area (Å²) in [6.45, 7) is 0. The molecule has 3 heteroatoms. The van der Waals surface area contributed by atoms with Crippen molar-refractivity contribution in [2.75, 3.05) is 0 Å². The van der Waals surface area contributed by atoms with Crippen LogP contribution >= 0.6 is 0 Å². The first-order valence-electron chi connectivity index (χ1n) is 18.3. The highest BCUT2D eigenvalue weighted by molar-refractivity contribution is 6.22. The number of benzene rings is 8. The molecular formula is C51H33N3. The van der Waals surface area contributed by atoms with Crippen LogP contribution in [-0.4, -0.2) is 15.0 Å².